The second kappa shape index (κ2) is 7.23. The number of rotatable bonds is 6. The Hall–Kier alpha value is -2.14. The van der Waals surface area contributed by atoms with Gasteiger partial charge in [0.1, 0.15) is 5.76 Å². The minimum Gasteiger partial charge on any atom is -0.494 e. The van der Waals surface area contributed by atoms with Gasteiger partial charge < -0.3 is 14.6 Å². The molecule has 4 rings (SSSR count). The summed E-state index contributed by atoms with van der Waals surface area (Å²) in [5.74, 6) is 1.41. The average molecular weight is 368 g/mol. The fraction of sp³-hybridized carbons (Fsp3) is 0.381. The van der Waals surface area contributed by atoms with Gasteiger partial charge in [0.05, 0.1) is 18.3 Å². The molecule has 0 radical (unpaired) electrons. The van der Waals surface area contributed by atoms with E-state index in [1.165, 1.54) is 4.91 Å². The van der Waals surface area contributed by atoms with E-state index in [0.717, 1.165) is 47.3 Å². The summed E-state index contributed by atoms with van der Waals surface area (Å²) in [6, 6.07) is 8.75. The molecule has 2 unspecified atom stereocenters. The van der Waals surface area contributed by atoms with Crippen LogP contribution in [0, 0.1) is 5.92 Å². The summed E-state index contributed by atoms with van der Waals surface area (Å²) in [5, 5.41) is 4.23. The molecular formula is C21H25N3OS. The molecular weight excluding hydrogens is 342 g/mol. The molecule has 2 aliphatic rings. The number of aromatic nitrogens is 2. The minimum absolute atomic E-state index is 0.339. The van der Waals surface area contributed by atoms with E-state index in [2.05, 4.69) is 66.3 Å². The van der Waals surface area contributed by atoms with Crippen LogP contribution in [0.25, 0.3) is 11.3 Å². The minimum atomic E-state index is 0.339. The second-order valence-corrected chi connectivity index (χ2v) is 7.91. The molecule has 0 bridgehead atoms. The number of nitrogens with zero attached hydrogens (tertiary/aromatic N) is 2. The van der Waals surface area contributed by atoms with Crippen LogP contribution in [-0.2, 0) is 4.74 Å². The third kappa shape index (κ3) is 3.16. The first-order valence-electron chi connectivity index (χ1n) is 9.30. The summed E-state index contributed by atoms with van der Waals surface area (Å²) in [6.45, 7) is 5.24. The van der Waals surface area contributed by atoms with Gasteiger partial charge in [-0.2, -0.15) is 0 Å². The van der Waals surface area contributed by atoms with Crippen molar-refractivity contribution in [2.45, 2.75) is 37.9 Å². The lowest BCUT2D eigenvalue weighted by Gasteiger charge is -2.24. The van der Waals surface area contributed by atoms with Crippen LogP contribution < -0.4 is 5.32 Å². The van der Waals surface area contributed by atoms with Crippen LogP contribution in [0.4, 0.5) is 5.69 Å². The zero-order chi connectivity index (χ0) is 18.1. The van der Waals surface area contributed by atoms with Crippen molar-refractivity contribution in [3.05, 3.63) is 53.3 Å². The Labute approximate surface area is 159 Å². The van der Waals surface area contributed by atoms with Crippen molar-refractivity contribution >= 4 is 17.4 Å². The van der Waals surface area contributed by atoms with Gasteiger partial charge >= 0.3 is 0 Å². The molecule has 136 valence electrons. The highest BCUT2D eigenvalue weighted by Crippen LogP contribution is 2.50. The van der Waals surface area contributed by atoms with Crippen LogP contribution in [0.3, 0.4) is 0 Å². The van der Waals surface area contributed by atoms with Crippen LogP contribution in [0.15, 0.2) is 58.4 Å². The van der Waals surface area contributed by atoms with Crippen molar-refractivity contribution in [1.82, 2.24) is 9.55 Å². The van der Waals surface area contributed by atoms with Crippen molar-refractivity contribution in [2.75, 3.05) is 19.0 Å². The molecule has 0 fully saturated rings. The molecule has 0 spiro atoms. The van der Waals surface area contributed by atoms with Crippen molar-refractivity contribution in [1.29, 1.82) is 0 Å². The van der Waals surface area contributed by atoms with Gasteiger partial charge in [-0.05, 0) is 30.7 Å². The predicted molar refractivity (Wildman–Crippen MR) is 108 cm³/mol. The van der Waals surface area contributed by atoms with Gasteiger partial charge in [-0.3, -0.25) is 0 Å². The number of unbranched alkanes of at least 4 members (excludes halogenated alkanes) is 1. The lowest BCUT2D eigenvalue weighted by molar-refractivity contribution is 0.213. The lowest BCUT2D eigenvalue weighted by Crippen LogP contribution is -2.16. The normalized spacial score (nSPS) is 20.9. The quantitative estimate of drug-likeness (QED) is 0.687. The number of hydrogen-bond acceptors (Lipinski definition) is 4. The highest BCUT2D eigenvalue weighted by atomic mass is 32.2. The second-order valence-electron chi connectivity index (χ2n) is 6.87. The van der Waals surface area contributed by atoms with Crippen LogP contribution in [0.1, 0.15) is 32.7 Å². The maximum atomic E-state index is 5.93. The van der Waals surface area contributed by atoms with Gasteiger partial charge in [0.2, 0.25) is 0 Å². The van der Waals surface area contributed by atoms with E-state index in [4.69, 9.17) is 9.72 Å². The van der Waals surface area contributed by atoms with E-state index in [-0.39, 0.29) is 0 Å². The molecule has 1 aliphatic carbocycles. The number of ether oxygens (including phenoxy) is 1. The largest absolute Gasteiger partial charge is 0.494 e. The topological polar surface area (TPSA) is 39.1 Å². The summed E-state index contributed by atoms with van der Waals surface area (Å²) in [5.41, 5.74) is 3.30. The Morgan fingerprint density at radius 1 is 1.27 bits per heavy atom. The standard InChI is InChI=1S/C21H25N3OS/c1-4-5-10-25-17-11-14(2)20-19(12-17)26-21-23-18(13-24(20)21)15-6-8-16(22-3)9-7-15/h6-9,11-14,20,22H,4-5,10H2,1-3H3. The summed E-state index contributed by atoms with van der Waals surface area (Å²) < 4.78 is 8.25. The molecule has 1 aromatic heterocycles. The fourth-order valence-electron chi connectivity index (χ4n) is 3.49. The molecule has 1 N–H and O–H groups in total. The molecule has 2 aromatic rings. The van der Waals surface area contributed by atoms with Crippen molar-refractivity contribution in [3.8, 4) is 11.3 Å². The Morgan fingerprint density at radius 3 is 2.81 bits per heavy atom. The molecule has 5 heteroatoms. The average Bonchev–Trinajstić information content (AvgIpc) is 3.19. The summed E-state index contributed by atoms with van der Waals surface area (Å²) in [4.78, 5) is 6.22. The van der Waals surface area contributed by atoms with Gasteiger partial charge in [0.25, 0.3) is 0 Å². The number of allylic oxidation sites excluding steroid dienone is 3. The Kier molecular flexibility index (Phi) is 4.81. The third-order valence-corrected chi connectivity index (χ3v) is 6.02. The van der Waals surface area contributed by atoms with Crippen LogP contribution in [-0.4, -0.2) is 23.2 Å². The molecule has 0 saturated heterocycles. The van der Waals surface area contributed by atoms with Gasteiger partial charge in [0, 0.05) is 35.3 Å². The van der Waals surface area contributed by atoms with E-state index in [0.29, 0.717) is 12.0 Å². The van der Waals surface area contributed by atoms with E-state index >= 15 is 0 Å². The van der Waals surface area contributed by atoms with Gasteiger partial charge in [-0.1, -0.05) is 44.2 Å². The number of thioether (sulfide) groups is 1. The fourth-order valence-corrected chi connectivity index (χ4v) is 4.74. The number of hydrogen-bond donors (Lipinski definition) is 1. The SMILES string of the molecule is CCCCOC1=CC(C)C2C(=C1)Sc1nc(-c3ccc(NC)cc3)cn12. The van der Waals surface area contributed by atoms with Crippen LogP contribution >= 0.6 is 11.8 Å². The highest BCUT2D eigenvalue weighted by Gasteiger charge is 2.35. The third-order valence-electron chi connectivity index (χ3n) is 4.94. The maximum absolute atomic E-state index is 5.93. The molecule has 0 amide bonds. The molecule has 4 nitrogen and oxygen atoms in total. The van der Waals surface area contributed by atoms with E-state index in [1.54, 1.807) is 11.8 Å². The molecule has 1 aliphatic heterocycles. The van der Waals surface area contributed by atoms with Crippen molar-refractivity contribution < 1.29 is 4.74 Å². The Morgan fingerprint density at radius 2 is 2.08 bits per heavy atom. The number of fused-ring (bicyclic) bond motifs is 3. The number of benzene rings is 1. The maximum Gasteiger partial charge on any atom is 0.173 e. The van der Waals surface area contributed by atoms with Crippen LogP contribution in [0.2, 0.25) is 0 Å². The van der Waals surface area contributed by atoms with Gasteiger partial charge in [-0.15, -0.1) is 0 Å². The Bertz CT molecular complexity index is 851. The number of imidazole rings is 1. The molecule has 0 saturated carbocycles. The van der Waals surface area contributed by atoms with Crippen LogP contribution in [0.5, 0.6) is 0 Å². The first kappa shape index (κ1) is 17.3. The monoisotopic (exact) mass is 367 g/mol. The van der Waals surface area contributed by atoms with E-state index in [9.17, 15) is 0 Å². The number of nitrogens with one attached hydrogen (secondary N) is 1. The highest BCUT2D eigenvalue weighted by molar-refractivity contribution is 8.03. The lowest BCUT2D eigenvalue weighted by atomic mass is 9.96. The first-order valence-corrected chi connectivity index (χ1v) is 10.1. The summed E-state index contributed by atoms with van der Waals surface area (Å²) >= 11 is 1.77. The predicted octanol–water partition coefficient (Wildman–Crippen LogP) is 5.47. The summed E-state index contributed by atoms with van der Waals surface area (Å²) in [6.07, 6.45) is 8.89. The zero-order valence-corrected chi connectivity index (χ0v) is 16.3. The molecule has 2 atom stereocenters. The van der Waals surface area contributed by atoms with Gasteiger partial charge in [0.15, 0.2) is 5.16 Å². The molecule has 26 heavy (non-hydrogen) atoms. The van der Waals surface area contributed by atoms with Crippen molar-refractivity contribution in [3.63, 3.8) is 0 Å². The summed E-state index contributed by atoms with van der Waals surface area (Å²) in [7, 11) is 1.93. The Balaban J connectivity index is 1.55. The smallest absolute Gasteiger partial charge is 0.173 e. The van der Waals surface area contributed by atoms with E-state index < -0.39 is 0 Å². The number of anilines is 1. The van der Waals surface area contributed by atoms with E-state index in [1.807, 2.05) is 7.05 Å². The first-order chi connectivity index (χ1) is 12.7. The molecule has 1 aromatic carbocycles. The zero-order valence-electron chi connectivity index (χ0n) is 15.5. The van der Waals surface area contributed by atoms with Gasteiger partial charge in [-0.25, -0.2) is 4.98 Å². The van der Waals surface area contributed by atoms with Crippen molar-refractivity contribution in [2.24, 2.45) is 5.92 Å². The molecule has 2 heterocycles.